The van der Waals surface area contributed by atoms with Gasteiger partial charge in [-0.25, -0.2) is 0 Å². The van der Waals surface area contributed by atoms with Crippen molar-refractivity contribution in [2.75, 3.05) is 32.7 Å². The molecule has 0 aliphatic carbocycles. The quantitative estimate of drug-likeness (QED) is 0.697. The highest BCUT2D eigenvalue weighted by Gasteiger charge is 2.25. The molecule has 1 unspecified atom stereocenters. The normalized spacial score (nSPS) is 23.0. The van der Waals surface area contributed by atoms with Gasteiger partial charge in [-0.2, -0.15) is 8.42 Å². The van der Waals surface area contributed by atoms with Crippen LogP contribution >= 0.6 is 15.9 Å². The molecule has 1 heterocycles. The lowest BCUT2D eigenvalue weighted by molar-refractivity contribution is -0.156. The molecule has 1 aromatic carbocycles. The number of hydrogen-bond acceptors (Lipinski definition) is 6. The summed E-state index contributed by atoms with van der Waals surface area (Å²) >= 11 is 3.35. The Hall–Kier alpha value is -0.670. The largest absolute Gasteiger partial charge is 0.491 e. The van der Waals surface area contributed by atoms with E-state index in [1.54, 1.807) is 0 Å². The SMILES string of the molecule is CS(=O)(=O)OCC1COC[C@@H](COc2ccc(Br)cc2)O1. The Morgan fingerprint density at radius 2 is 1.81 bits per heavy atom. The lowest BCUT2D eigenvalue weighted by atomic mass is 10.3. The van der Waals surface area contributed by atoms with Crippen LogP contribution in [0.3, 0.4) is 0 Å². The van der Waals surface area contributed by atoms with Crippen molar-refractivity contribution in [2.45, 2.75) is 12.2 Å². The molecule has 0 aromatic heterocycles. The van der Waals surface area contributed by atoms with Crippen molar-refractivity contribution in [3.8, 4) is 5.75 Å². The van der Waals surface area contributed by atoms with Crippen LogP contribution in [0.5, 0.6) is 5.75 Å². The third kappa shape index (κ3) is 6.31. The summed E-state index contributed by atoms with van der Waals surface area (Å²) in [6.45, 7) is 1.00. The molecule has 0 amide bonds. The number of ether oxygens (including phenoxy) is 3. The minimum absolute atomic E-state index is 0.0480. The average molecular weight is 381 g/mol. The van der Waals surface area contributed by atoms with Crippen LogP contribution in [-0.2, 0) is 23.8 Å². The molecule has 21 heavy (non-hydrogen) atoms. The molecule has 2 rings (SSSR count). The van der Waals surface area contributed by atoms with E-state index in [9.17, 15) is 8.42 Å². The molecule has 0 N–H and O–H groups in total. The Balaban J connectivity index is 1.77. The number of benzene rings is 1. The molecule has 1 fully saturated rings. The molecule has 2 atom stereocenters. The molecule has 0 spiro atoms. The van der Waals surface area contributed by atoms with Gasteiger partial charge in [-0.3, -0.25) is 4.18 Å². The summed E-state index contributed by atoms with van der Waals surface area (Å²) in [6.07, 6.45) is 0.340. The van der Waals surface area contributed by atoms with Crippen molar-refractivity contribution in [3.05, 3.63) is 28.7 Å². The second-order valence-corrected chi connectivity index (χ2v) is 7.23. The second kappa shape index (κ2) is 7.55. The number of hydrogen-bond donors (Lipinski definition) is 0. The highest BCUT2D eigenvalue weighted by Crippen LogP contribution is 2.17. The molecular weight excluding hydrogens is 364 g/mol. The zero-order valence-corrected chi connectivity index (χ0v) is 13.9. The van der Waals surface area contributed by atoms with Gasteiger partial charge < -0.3 is 14.2 Å². The van der Waals surface area contributed by atoms with E-state index in [2.05, 4.69) is 15.9 Å². The Morgan fingerprint density at radius 3 is 2.43 bits per heavy atom. The molecule has 1 aliphatic rings. The highest BCUT2D eigenvalue weighted by molar-refractivity contribution is 9.10. The van der Waals surface area contributed by atoms with Gasteiger partial charge in [-0.15, -0.1) is 0 Å². The average Bonchev–Trinajstić information content (AvgIpc) is 2.44. The first kappa shape index (κ1) is 16.7. The first-order chi connectivity index (χ1) is 9.92. The van der Waals surface area contributed by atoms with Gasteiger partial charge in [-0.1, -0.05) is 15.9 Å². The topological polar surface area (TPSA) is 71.1 Å². The molecule has 0 saturated carbocycles. The Morgan fingerprint density at radius 1 is 1.19 bits per heavy atom. The zero-order valence-electron chi connectivity index (χ0n) is 11.5. The van der Waals surface area contributed by atoms with Gasteiger partial charge in [-0.05, 0) is 24.3 Å². The highest BCUT2D eigenvalue weighted by atomic mass is 79.9. The maximum absolute atomic E-state index is 10.9. The van der Waals surface area contributed by atoms with Crippen molar-refractivity contribution >= 4 is 26.0 Å². The number of rotatable bonds is 6. The van der Waals surface area contributed by atoms with Gasteiger partial charge in [0.15, 0.2) is 0 Å². The van der Waals surface area contributed by atoms with Crippen LogP contribution in [0, 0.1) is 0 Å². The molecule has 0 bridgehead atoms. The van der Waals surface area contributed by atoms with Gasteiger partial charge in [0.05, 0.1) is 26.1 Å². The first-order valence-electron chi connectivity index (χ1n) is 6.38. The minimum atomic E-state index is -3.47. The van der Waals surface area contributed by atoms with Crippen LogP contribution in [0.2, 0.25) is 0 Å². The molecule has 6 nitrogen and oxygen atoms in total. The molecular formula is C13H17BrO6S. The fourth-order valence-electron chi connectivity index (χ4n) is 1.78. The second-order valence-electron chi connectivity index (χ2n) is 4.67. The zero-order chi connectivity index (χ0) is 15.3. The minimum Gasteiger partial charge on any atom is -0.491 e. The standard InChI is InChI=1S/C13H17BrO6S/c1-21(15,16)19-9-13-7-17-6-12(20-13)8-18-11-4-2-10(14)3-5-11/h2-5,12-13H,6-9H2,1H3/t12-,13?/m0/s1. The molecule has 1 aliphatic heterocycles. The van der Waals surface area contributed by atoms with Crippen molar-refractivity contribution in [2.24, 2.45) is 0 Å². The van der Waals surface area contributed by atoms with E-state index in [0.29, 0.717) is 19.8 Å². The van der Waals surface area contributed by atoms with Crippen molar-refractivity contribution in [1.29, 1.82) is 0 Å². The maximum Gasteiger partial charge on any atom is 0.264 e. The van der Waals surface area contributed by atoms with Crippen LogP contribution in [0.15, 0.2) is 28.7 Å². The Kier molecular flexibility index (Phi) is 6.00. The van der Waals surface area contributed by atoms with E-state index in [-0.39, 0.29) is 12.7 Å². The van der Waals surface area contributed by atoms with Crippen LogP contribution < -0.4 is 4.74 Å². The van der Waals surface area contributed by atoms with Gasteiger partial charge >= 0.3 is 0 Å². The van der Waals surface area contributed by atoms with Crippen molar-refractivity contribution in [1.82, 2.24) is 0 Å². The van der Waals surface area contributed by atoms with Crippen LogP contribution in [0.25, 0.3) is 0 Å². The fourth-order valence-corrected chi connectivity index (χ4v) is 2.44. The van der Waals surface area contributed by atoms with E-state index in [4.69, 9.17) is 18.4 Å². The molecule has 8 heteroatoms. The lowest BCUT2D eigenvalue weighted by Gasteiger charge is -2.29. The first-order valence-corrected chi connectivity index (χ1v) is 8.99. The van der Waals surface area contributed by atoms with E-state index < -0.39 is 16.2 Å². The lowest BCUT2D eigenvalue weighted by Crippen LogP contribution is -2.42. The third-order valence-electron chi connectivity index (χ3n) is 2.71. The third-order valence-corrected chi connectivity index (χ3v) is 3.80. The summed E-state index contributed by atoms with van der Waals surface area (Å²) in [4.78, 5) is 0. The summed E-state index contributed by atoms with van der Waals surface area (Å²) in [6, 6.07) is 7.46. The fraction of sp³-hybridized carbons (Fsp3) is 0.538. The van der Waals surface area contributed by atoms with Gasteiger partial charge in [0.1, 0.15) is 24.6 Å². The van der Waals surface area contributed by atoms with Crippen molar-refractivity contribution < 1.29 is 26.8 Å². The van der Waals surface area contributed by atoms with E-state index in [0.717, 1.165) is 16.5 Å². The van der Waals surface area contributed by atoms with Crippen LogP contribution in [-0.4, -0.2) is 53.3 Å². The monoisotopic (exact) mass is 380 g/mol. The Bertz CT molecular complexity index is 544. The van der Waals surface area contributed by atoms with Gasteiger partial charge in [0.25, 0.3) is 10.1 Å². The summed E-state index contributed by atoms with van der Waals surface area (Å²) in [7, 11) is -3.47. The van der Waals surface area contributed by atoms with Crippen LogP contribution in [0.4, 0.5) is 0 Å². The summed E-state index contributed by atoms with van der Waals surface area (Å²) in [5.41, 5.74) is 0. The summed E-state index contributed by atoms with van der Waals surface area (Å²) in [5.74, 6) is 0.733. The molecule has 0 radical (unpaired) electrons. The van der Waals surface area contributed by atoms with E-state index in [1.165, 1.54) is 0 Å². The van der Waals surface area contributed by atoms with E-state index in [1.807, 2.05) is 24.3 Å². The predicted octanol–water partition coefficient (Wildman–Crippen LogP) is 1.59. The molecule has 118 valence electrons. The summed E-state index contributed by atoms with van der Waals surface area (Å²) < 4.78 is 44.3. The van der Waals surface area contributed by atoms with Gasteiger partial charge in [0, 0.05) is 4.47 Å². The maximum atomic E-state index is 10.9. The van der Waals surface area contributed by atoms with E-state index >= 15 is 0 Å². The summed E-state index contributed by atoms with van der Waals surface area (Å²) in [5, 5.41) is 0. The molecule has 1 aromatic rings. The van der Waals surface area contributed by atoms with Crippen molar-refractivity contribution in [3.63, 3.8) is 0 Å². The Labute approximate surface area is 132 Å². The smallest absolute Gasteiger partial charge is 0.264 e. The predicted molar refractivity (Wildman–Crippen MR) is 79.9 cm³/mol. The van der Waals surface area contributed by atoms with Gasteiger partial charge in [0.2, 0.25) is 0 Å². The molecule has 1 saturated heterocycles. The number of halogens is 1. The van der Waals surface area contributed by atoms with Crippen LogP contribution in [0.1, 0.15) is 0 Å².